The van der Waals surface area contributed by atoms with Crippen molar-refractivity contribution in [2.75, 3.05) is 12.9 Å². The van der Waals surface area contributed by atoms with Gasteiger partial charge in [-0.1, -0.05) is 6.08 Å². The molecule has 22 heavy (non-hydrogen) atoms. The topological polar surface area (TPSA) is 63.6 Å². The van der Waals surface area contributed by atoms with Gasteiger partial charge in [-0.05, 0) is 46.7 Å². The van der Waals surface area contributed by atoms with E-state index in [1.807, 2.05) is 16.8 Å². The smallest absolute Gasteiger partial charge is 0.313 e. The van der Waals surface area contributed by atoms with Crippen molar-refractivity contribution in [3.05, 3.63) is 52.2 Å². The number of thiophene rings is 1. The third-order valence-corrected chi connectivity index (χ3v) is 4.51. The summed E-state index contributed by atoms with van der Waals surface area (Å²) in [6.45, 7) is 0. The molecule has 6 heteroatoms. The molecule has 0 aliphatic carbocycles. The zero-order valence-electron chi connectivity index (χ0n) is 11.8. The van der Waals surface area contributed by atoms with E-state index in [9.17, 15) is 9.59 Å². The Hall–Kier alpha value is -2.05. The summed E-state index contributed by atoms with van der Waals surface area (Å²) in [6, 6.07) is 6.94. The summed E-state index contributed by atoms with van der Waals surface area (Å²) in [6.07, 6.45) is 3.28. The molecule has 1 N–H and O–H groups in total. The molecular weight excluding hydrogens is 320 g/mol. The first kappa shape index (κ1) is 16.3. The van der Waals surface area contributed by atoms with Gasteiger partial charge in [0.25, 0.3) is 0 Å². The summed E-state index contributed by atoms with van der Waals surface area (Å²) in [4.78, 5) is 23.5. The van der Waals surface area contributed by atoms with Crippen molar-refractivity contribution in [2.24, 2.45) is 0 Å². The lowest BCUT2D eigenvalue weighted by molar-refractivity contribution is -0.133. The lowest BCUT2D eigenvalue weighted by Gasteiger charge is -2.08. The summed E-state index contributed by atoms with van der Waals surface area (Å²) in [5.74, 6) is -0.576. The van der Waals surface area contributed by atoms with Crippen LogP contribution in [0.2, 0.25) is 0 Å². The fourth-order valence-electron chi connectivity index (χ4n) is 1.72. The molecule has 0 spiro atoms. The van der Waals surface area contributed by atoms with E-state index in [4.69, 9.17) is 9.84 Å². The Morgan fingerprint density at radius 3 is 2.82 bits per heavy atom. The van der Waals surface area contributed by atoms with E-state index < -0.39 is 5.97 Å². The molecule has 0 atom stereocenters. The maximum Gasteiger partial charge on any atom is 0.313 e. The van der Waals surface area contributed by atoms with Crippen LogP contribution in [0.5, 0.6) is 5.75 Å². The number of carboxylic acids is 1. The Balaban J connectivity index is 2.14. The molecule has 2 aromatic rings. The van der Waals surface area contributed by atoms with Crippen molar-refractivity contribution in [1.29, 1.82) is 0 Å². The number of allylic oxidation sites excluding steroid dienone is 1. The predicted octanol–water partition coefficient (Wildman–Crippen LogP) is 3.83. The van der Waals surface area contributed by atoms with Crippen molar-refractivity contribution in [1.82, 2.24) is 0 Å². The molecule has 1 aromatic carbocycles. The standard InChI is InChI=1S/C16H14O4S2/c1-20-14-8-12(3-5-15(14)22-10-16(18)19)13(17)4-2-11-6-7-21-9-11/h2-9H,10H2,1H3,(H,18,19)/b4-2-. The molecule has 0 radical (unpaired) electrons. The number of carbonyl (C=O) groups excluding carboxylic acids is 1. The number of thioether (sulfide) groups is 1. The van der Waals surface area contributed by atoms with E-state index in [2.05, 4.69) is 0 Å². The zero-order valence-corrected chi connectivity index (χ0v) is 13.4. The number of ether oxygens (including phenoxy) is 1. The lowest BCUT2D eigenvalue weighted by atomic mass is 10.1. The number of aliphatic carboxylic acids is 1. The molecule has 0 saturated heterocycles. The minimum absolute atomic E-state index is 0.0539. The van der Waals surface area contributed by atoms with Crippen LogP contribution >= 0.6 is 23.1 Å². The average Bonchev–Trinajstić information content (AvgIpc) is 3.03. The number of ketones is 1. The van der Waals surface area contributed by atoms with E-state index in [0.29, 0.717) is 16.2 Å². The highest BCUT2D eigenvalue weighted by Crippen LogP contribution is 2.30. The average molecular weight is 334 g/mol. The number of benzene rings is 1. The fourth-order valence-corrected chi connectivity index (χ4v) is 3.07. The van der Waals surface area contributed by atoms with Crippen LogP contribution in [0.1, 0.15) is 15.9 Å². The highest BCUT2D eigenvalue weighted by atomic mass is 32.2. The van der Waals surface area contributed by atoms with Gasteiger partial charge in [0.15, 0.2) is 5.78 Å². The summed E-state index contributed by atoms with van der Waals surface area (Å²) < 4.78 is 5.23. The predicted molar refractivity (Wildman–Crippen MR) is 89.0 cm³/mol. The first-order chi connectivity index (χ1) is 10.6. The van der Waals surface area contributed by atoms with Crippen molar-refractivity contribution in [3.8, 4) is 5.75 Å². The molecule has 0 bridgehead atoms. The van der Waals surface area contributed by atoms with Crippen LogP contribution < -0.4 is 4.74 Å². The van der Waals surface area contributed by atoms with Gasteiger partial charge in [0.2, 0.25) is 0 Å². The van der Waals surface area contributed by atoms with Gasteiger partial charge in [-0.2, -0.15) is 11.3 Å². The molecular formula is C16H14O4S2. The third-order valence-electron chi connectivity index (χ3n) is 2.77. The van der Waals surface area contributed by atoms with E-state index >= 15 is 0 Å². The monoisotopic (exact) mass is 334 g/mol. The van der Waals surface area contributed by atoms with Crippen LogP contribution in [0.25, 0.3) is 6.08 Å². The highest BCUT2D eigenvalue weighted by Gasteiger charge is 2.10. The Morgan fingerprint density at radius 1 is 1.36 bits per heavy atom. The van der Waals surface area contributed by atoms with Crippen LogP contribution in [0.3, 0.4) is 0 Å². The normalized spacial score (nSPS) is 10.8. The minimum atomic E-state index is -0.897. The maximum absolute atomic E-state index is 12.1. The van der Waals surface area contributed by atoms with Crippen LogP contribution in [-0.2, 0) is 4.79 Å². The first-order valence-corrected chi connectivity index (χ1v) is 8.30. The number of hydrogen-bond donors (Lipinski definition) is 1. The van der Waals surface area contributed by atoms with E-state index in [1.165, 1.54) is 13.2 Å². The first-order valence-electron chi connectivity index (χ1n) is 6.37. The summed E-state index contributed by atoms with van der Waals surface area (Å²) in [7, 11) is 1.50. The SMILES string of the molecule is COc1cc(C(=O)/C=C\c2ccsc2)ccc1SCC(=O)O. The third kappa shape index (κ3) is 4.47. The van der Waals surface area contributed by atoms with Gasteiger partial charge in [-0.3, -0.25) is 9.59 Å². The van der Waals surface area contributed by atoms with Gasteiger partial charge in [0.05, 0.1) is 12.9 Å². The van der Waals surface area contributed by atoms with Gasteiger partial charge in [0, 0.05) is 10.5 Å². The van der Waals surface area contributed by atoms with Gasteiger partial charge in [-0.15, -0.1) is 11.8 Å². The van der Waals surface area contributed by atoms with Gasteiger partial charge in [-0.25, -0.2) is 0 Å². The second-order valence-electron chi connectivity index (χ2n) is 4.30. The molecule has 0 aliphatic rings. The Morgan fingerprint density at radius 2 is 2.18 bits per heavy atom. The molecule has 114 valence electrons. The molecule has 0 saturated carbocycles. The Kier molecular flexibility index (Phi) is 5.80. The molecule has 1 heterocycles. The molecule has 1 aromatic heterocycles. The van der Waals surface area contributed by atoms with Gasteiger partial charge >= 0.3 is 5.97 Å². The molecule has 2 rings (SSSR count). The Labute approximate surface area is 136 Å². The number of hydrogen-bond acceptors (Lipinski definition) is 5. The minimum Gasteiger partial charge on any atom is -0.496 e. The molecule has 4 nitrogen and oxygen atoms in total. The van der Waals surface area contributed by atoms with Crippen LogP contribution in [0.15, 0.2) is 46.0 Å². The highest BCUT2D eigenvalue weighted by molar-refractivity contribution is 8.00. The van der Waals surface area contributed by atoms with E-state index in [-0.39, 0.29) is 11.5 Å². The number of rotatable bonds is 7. The van der Waals surface area contributed by atoms with E-state index in [0.717, 1.165) is 17.3 Å². The van der Waals surface area contributed by atoms with Gasteiger partial charge < -0.3 is 9.84 Å². The Bertz CT molecular complexity index is 690. The molecule has 0 amide bonds. The fraction of sp³-hybridized carbons (Fsp3) is 0.125. The quantitative estimate of drug-likeness (QED) is 0.474. The molecule has 0 aliphatic heterocycles. The second-order valence-corrected chi connectivity index (χ2v) is 6.10. The van der Waals surface area contributed by atoms with Crippen LogP contribution in [-0.4, -0.2) is 29.7 Å². The molecule has 0 fully saturated rings. The number of methoxy groups -OCH3 is 1. The van der Waals surface area contributed by atoms with Crippen molar-refractivity contribution >= 4 is 40.9 Å². The number of carbonyl (C=O) groups is 2. The van der Waals surface area contributed by atoms with Crippen molar-refractivity contribution < 1.29 is 19.4 Å². The van der Waals surface area contributed by atoms with E-state index in [1.54, 1.807) is 35.6 Å². The van der Waals surface area contributed by atoms with Crippen LogP contribution in [0, 0.1) is 0 Å². The maximum atomic E-state index is 12.1. The summed E-state index contributed by atoms with van der Waals surface area (Å²) in [5, 5.41) is 12.6. The zero-order chi connectivity index (χ0) is 15.9. The second kappa shape index (κ2) is 7.82. The van der Waals surface area contributed by atoms with Crippen molar-refractivity contribution in [2.45, 2.75) is 4.90 Å². The lowest BCUT2D eigenvalue weighted by Crippen LogP contribution is -2.00. The summed E-state index contributed by atoms with van der Waals surface area (Å²) in [5.41, 5.74) is 1.49. The number of carboxylic acid groups (broad SMARTS) is 1. The summed E-state index contributed by atoms with van der Waals surface area (Å²) >= 11 is 2.73. The van der Waals surface area contributed by atoms with Crippen LogP contribution in [0.4, 0.5) is 0 Å². The largest absolute Gasteiger partial charge is 0.496 e. The molecule has 0 unspecified atom stereocenters. The van der Waals surface area contributed by atoms with Gasteiger partial charge in [0.1, 0.15) is 5.75 Å². The van der Waals surface area contributed by atoms with Crippen molar-refractivity contribution in [3.63, 3.8) is 0 Å².